The minimum Gasteiger partial charge on any atom is -0.288 e. The number of rotatable bonds is 6. The first-order valence-corrected chi connectivity index (χ1v) is 10.4. The molecule has 1 aliphatic rings. The van der Waals surface area contributed by atoms with Crippen molar-refractivity contribution in [3.63, 3.8) is 0 Å². The van der Waals surface area contributed by atoms with Crippen molar-refractivity contribution < 1.29 is 14.4 Å². The Bertz CT molecular complexity index is 1090. The third kappa shape index (κ3) is 3.53. The highest BCUT2D eigenvalue weighted by atomic mass is 32.1. The summed E-state index contributed by atoms with van der Waals surface area (Å²) < 4.78 is 1.04. The van der Waals surface area contributed by atoms with Crippen molar-refractivity contribution >= 4 is 44.4 Å². The van der Waals surface area contributed by atoms with Crippen molar-refractivity contribution in [3.05, 3.63) is 59.2 Å². The van der Waals surface area contributed by atoms with Crippen molar-refractivity contribution in [1.29, 1.82) is 0 Å². The quantitative estimate of drug-likeness (QED) is 0.579. The van der Waals surface area contributed by atoms with Gasteiger partial charge in [0, 0.05) is 19.5 Å². The predicted molar refractivity (Wildman–Crippen MR) is 113 cm³/mol. The molecule has 29 heavy (non-hydrogen) atoms. The van der Waals surface area contributed by atoms with E-state index in [0.29, 0.717) is 29.2 Å². The Morgan fingerprint density at radius 3 is 2.62 bits per heavy atom. The Kier molecular flexibility index (Phi) is 5.15. The van der Waals surface area contributed by atoms with E-state index in [2.05, 4.69) is 4.98 Å². The molecular weight excluding hydrogens is 386 g/mol. The summed E-state index contributed by atoms with van der Waals surface area (Å²) in [6.07, 6.45) is 0.668. The lowest BCUT2D eigenvalue weighted by atomic mass is 10.1. The SMILES string of the molecule is CCN(C(=O)CCCN1C(=O)c2ccc(C)cc2C1=O)c1nc2ccccc2s1. The Morgan fingerprint density at radius 1 is 1.10 bits per heavy atom. The molecule has 0 saturated carbocycles. The third-order valence-electron chi connectivity index (χ3n) is 5.03. The van der Waals surface area contributed by atoms with Gasteiger partial charge in [-0.2, -0.15) is 0 Å². The van der Waals surface area contributed by atoms with Gasteiger partial charge in [-0.15, -0.1) is 0 Å². The van der Waals surface area contributed by atoms with Crippen LogP contribution >= 0.6 is 11.3 Å². The lowest BCUT2D eigenvalue weighted by Crippen LogP contribution is -2.33. The van der Waals surface area contributed by atoms with E-state index in [-0.39, 0.29) is 30.7 Å². The van der Waals surface area contributed by atoms with E-state index in [1.54, 1.807) is 17.0 Å². The fourth-order valence-electron chi connectivity index (χ4n) is 3.52. The highest BCUT2D eigenvalue weighted by Gasteiger charge is 2.35. The number of aromatic nitrogens is 1. The molecule has 3 amide bonds. The molecule has 7 heteroatoms. The molecule has 1 aliphatic heterocycles. The van der Waals surface area contributed by atoms with Crippen LogP contribution < -0.4 is 4.90 Å². The van der Waals surface area contributed by atoms with Crippen LogP contribution in [0.25, 0.3) is 10.2 Å². The molecule has 2 aromatic carbocycles. The molecule has 0 unspecified atom stereocenters. The summed E-state index contributed by atoms with van der Waals surface area (Å²) in [7, 11) is 0. The van der Waals surface area contributed by atoms with Gasteiger partial charge in [0.15, 0.2) is 5.13 Å². The van der Waals surface area contributed by atoms with Gasteiger partial charge in [-0.05, 0) is 44.5 Å². The van der Waals surface area contributed by atoms with E-state index >= 15 is 0 Å². The van der Waals surface area contributed by atoms with Gasteiger partial charge in [-0.25, -0.2) is 4.98 Å². The van der Waals surface area contributed by atoms with Gasteiger partial charge in [0.2, 0.25) is 5.91 Å². The molecule has 0 saturated heterocycles. The van der Waals surface area contributed by atoms with Crippen LogP contribution in [0.15, 0.2) is 42.5 Å². The Balaban J connectivity index is 1.40. The van der Waals surface area contributed by atoms with Gasteiger partial charge in [0.25, 0.3) is 11.8 Å². The summed E-state index contributed by atoms with van der Waals surface area (Å²) in [6, 6.07) is 13.1. The smallest absolute Gasteiger partial charge is 0.261 e. The normalized spacial score (nSPS) is 13.2. The molecule has 4 rings (SSSR count). The first-order chi connectivity index (χ1) is 14.0. The van der Waals surface area contributed by atoms with Crippen LogP contribution in [0.3, 0.4) is 0 Å². The molecule has 0 atom stereocenters. The van der Waals surface area contributed by atoms with Crippen LogP contribution in [-0.4, -0.2) is 40.7 Å². The zero-order chi connectivity index (χ0) is 20.5. The average molecular weight is 407 g/mol. The largest absolute Gasteiger partial charge is 0.288 e. The number of fused-ring (bicyclic) bond motifs is 2. The van der Waals surface area contributed by atoms with E-state index in [9.17, 15) is 14.4 Å². The van der Waals surface area contributed by atoms with Crippen molar-refractivity contribution in [2.45, 2.75) is 26.7 Å². The monoisotopic (exact) mass is 407 g/mol. The molecule has 0 spiro atoms. The molecule has 2 heterocycles. The number of para-hydroxylation sites is 1. The molecule has 6 nitrogen and oxygen atoms in total. The standard InChI is InChI=1S/C22H21N3O3S/c1-3-24(22-23-17-7-4-5-8-18(17)29-22)19(26)9-6-12-25-20(27)15-11-10-14(2)13-16(15)21(25)28/h4-5,7-8,10-11,13H,3,6,9,12H2,1-2H3. The molecule has 0 fully saturated rings. The number of thiazole rings is 1. The van der Waals surface area contributed by atoms with E-state index < -0.39 is 0 Å². The third-order valence-corrected chi connectivity index (χ3v) is 6.09. The minimum atomic E-state index is -0.282. The number of anilines is 1. The van der Waals surface area contributed by atoms with E-state index in [0.717, 1.165) is 15.8 Å². The number of carbonyl (C=O) groups excluding carboxylic acids is 3. The van der Waals surface area contributed by atoms with Crippen molar-refractivity contribution in [3.8, 4) is 0 Å². The van der Waals surface area contributed by atoms with Crippen LogP contribution in [0.5, 0.6) is 0 Å². The van der Waals surface area contributed by atoms with Crippen molar-refractivity contribution in [2.75, 3.05) is 18.0 Å². The summed E-state index contributed by atoms with van der Waals surface area (Å²) in [5.41, 5.74) is 2.71. The summed E-state index contributed by atoms with van der Waals surface area (Å²) in [5, 5.41) is 0.676. The summed E-state index contributed by atoms with van der Waals surface area (Å²) in [6.45, 7) is 4.55. The van der Waals surface area contributed by atoms with Crippen LogP contribution in [-0.2, 0) is 4.79 Å². The van der Waals surface area contributed by atoms with Crippen molar-refractivity contribution in [1.82, 2.24) is 9.88 Å². The summed E-state index contributed by atoms with van der Waals surface area (Å²) >= 11 is 1.49. The predicted octanol–water partition coefficient (Wildman–Crippen LogP) is 4.03. The van der Waals surface area contributed by atoms with Gasteiger partial charge in [-0.1, -0.05) is 35.1 Å². The fraction of sp³-hybridized carbons (Fsp3) is 0.273. The van der Waals surface area contributed by atoms with Gasteiger partial charge < -0.3 is 0 Å². The number of imide groups is 1. The molecule has 3 aromatic rings. The fourth-order valence-corrected chi connectivity index (χ4v) is 4.57. The number of nitrogens with zero attached hydrogens (tertiary/aromatic N) is 3. The van der Waals surface area contributed by atoms with Gasteiger partial charge in [0.1, 0.15) is 0 Å². The lowest BCUT2D eigenvalue weighted by Gasteiger charge is -2.18. The summed E-state index contributed by atoms with van der Waals surface area (Å²) in [4.78, 5) is 45.3. The van der Waals surface area contributed by atoms with Gasteiger partial charge >= 0.3 is 0 Å². The molecule has 0 aliphatic carbocycles. The van der Waals surface area contributed by atoms with E-state index in [1.807, 2.05) is 44.2 Å². The van der Waals surface area contributed by atoms with Gasteiger partial charge in [0.05, 0.1) is 21.3 Å². The first-order valence-electron chi connectivity index (χ1n) is 9.62. The number of carbonyl (C=O) groups is 3. The molecule has 1 aromatic heterocycles. The second-order valence-corrected chi connectivity index (χ2v) is 8.03. The maximum Gasteiger partial charge on any atom is 0.261 e. The average Bonchev–Trinajstić information content (AvgIpc) is 3.23. The van der Waals surface area contributed by atoms with Crippen LogP contribution in [0.2, 0.25) is 0 Å². The number of benzene rings is 2. The summed E-state index contributed by atoms with van der Waals surface area (Å²) in [5.74, 6) is -0.616. The number of hydrogen-bond donors (Lipinski definition) is 0. The maximum atomic E-state index is 12.8. The number of aryl methyl sites for hydroxylation is 1. The minimum absolute atomic E-state index is 0.0565. The molecule has 148 valence electrons. The Hall–Kier alpha value is -3.06. The highest BCUT2D eigenvalue weighted by Crippen LogP contribution is 2.29. The van der Waals surface area contributed by atoms with Crippen molar-refractivity contribution in [2.24, 2.45) is 0 Å². The second kappa shape index (κ2) is 7.75. The zero-order valence-electron chi connectivity index (χ0n) is 16.3. The Labute approximate surface area is 172 Å². The van der Waals surface area contributed by atoms with Crippen LogP contribution in [0.1, 0.15) is 46.0 Å². The Morgan fingerprint density at radius 2 is 1.86 bits per heavy atom. The van der Waals surface area contributed by atoms with Gasteiger partial charge in [-0.3, -0.25) is 24.2 Å². The maximum absolute atomic E-state index is 12.8. The lowest BCUT2D eigenvalue weighted by molar-refractivity contribution is -0.118. The van der Waals surface area contributed by atoms with Crippen LogP contribution in [0.4, 0.5) is 5.13 Å². The molecule has 0 N–H and O–H groups in total. The first kappa shape index (κ1) is 19.3. The molecule has 0 radical (unpaired) electrons. The number of hydrogen-bond acceptors (Lipinski definition) is 5. The van der Waals surface area contributed by atoms with Crippen LogP contribution in [0, 0.1) is 6.92 Å². The molecular formula is C22H21N3O3S. The second-order valence-electron chi connectivity index (χ2n) is 7.02. The number of amides is 3. The zero-order valence-corrected chi connectivity index (χ0v) is 17.2. The topological polar surface area (TPSA) is 70.6 Å². The van der Waals surface area contributed by atoms with E-state index in [4.69, 9.17) is 0 Å². The molecule has 0 bridgehead atoms. The van der Waals surface area contributed by atoms with E-state index in [1.165, 1.54) is 16.2 Å². The highest BCUT2D eigenvalue weighted by molar-refractivity contribution is 7.22.